The fraction of sp³-hybridized carbons (Fsp3) is 0.231. The molecule has 0 atom stereocenters. The molecule has 7 nitrogen and oxygen atoms in total. The summed E-state index contributed by atoms with van der Waals surface area (Å²) in [5, 5.41) is 15.1. The Labute approximate surface area is 203 Å². The Morgan fingerprint density at radius 1 is 1.00 bits per heavy atom. The fourth-order valence-electron chi connectivity index (χ4n) is 3.87. The lowest BCUT2D eigenvalue weighted by molar-refractivity contribution is 0.0992. The monoisotopic (exact) mass is 475 g/mol. The van der Waals surface area contributed by atoms with Crippen molar-refractivity contribution in [2.45, 2.75) is 12.8 Å². The standard InChI is InChI=1S/C26H26ClN5O2/c27-21-10-11-24(30-17-21)31-26(34)22-5-2-1-4-20(22)16-23(33)18-6-8-19(9-7-18)25(28)32-14-3-12-29-13-15-32/h1-2,4-11,17,28-29H,3,12-16H2,(H,30,31,34). The van der Waals surface area contributed by atoms with Gasteiger partial charge in [0.25, 0.3) is 5.91 Å². The molecule has 1 fully saturated rings. The molecule has 4 rings (SSSR count). The van der Waals surface area contributed by atoms with Crippen LogP contribution >= 0.6 is 11.6 Å². The van der Waals surface area contributed by atoms with Crippen molar-refractivity contribution in [3.63, 3.8) is 0 Å². The summed E-state index contributed by atoms with van der Waals surface area (Å²) in [5.74, 6) is 0.421. The molecule has 3 aromatic rings. The van der Waals surface area contributed by atoms with Crippen LogP contribution in [-0.4, -0.2) is 53.6 Å². The Kier molecular flexibility index (Phi) is 7.67. The molecule has 0 aliphatic carbocycles. The number of nitrogens with one attached hydrogen (secondary N) is 3. The number of aromatic nitrogens is 1. The van der Waals surface area contributed by atoms with Crippen LogP contribution in [0.15, 0.2) is 66.9 Å². The highest BCUT2D eigenvalue weighted by Crippen LogP contribution is 2.17. The van der Waals surface area contributed by atoms with E-state index in [1.165, 1.54) is 6.20 Å². The number of carbonyl (C=O) groups excluding carboxylic acids is 2. The van der Waals surface area contributed by atoms with Gasteiger partial charge in [-0.3, -0.25) is 15.0 Å². The lowest BCUT2D eigenvalue weighted by atomic mass is 9.97. The zero-order valence-electron chi connectivity index (χ0n) is 18.7. The molecule has 0 radical (unpaired) electrons. The van der Waals surface area contributed by atoms with Crippen LogP contribution in [0.4, 0.5) is 5.82 Å². The van der Waals surface area contributed by atoms with Gasteiger partial charge in [0.2, 0.25) is 0 Å². The maximum atomic E-state index is 13.0. The number of amidine groups is 1. The third-order valence-corrected chi connectivity index (χ3v) is 5.94. The van der Waals surface area contributed by atoms with Gasteiger partial charge in [0.05, 0.1) is 5.02 Å². The van der Waals surface area contributed by atoms with Gasteiger partial charge in [0, 0.05) is 48.9 Å². The predicted molar refractivity (Wildman–Crippen MR) is 134 cm³/mol. The van der Waals surface area contributed by atoms with Crippen LogP contribution < -0.4 is 10.6 Å². The number of benzene rings is 2. The summed E-state index contributed by atoms with van der Waals surface area (Å²) in [6.07, 6.45) is 2.55. The van der Waals surface area contributed by atoms with Crippen molar-refractivity contribution in [1.29, 1.82) is 5.41 Å². The molecule has 8 heteroatoms. The smallest absolute Gasteiger partial charge is 0.257 e. The van der Waals surface area contributed by atoms with Crippen LogP contribution in [0, 0.1) is 5.41 Å². The molecule has 0 spiro atoms. The van der Waals surface area contributed by atoms with Gasteiger partial charge >= 0.3 is 0 Å². The first-order valence-corrected chi connectivity index (χ1v) is 11.6. The molecule has 2 aromatic carbocycles. The van der Waals surface area contributed by atoms with E-state index in [0.29, 0.717) is 33.4 Å². The normalized spacial score (nSPS) is 13.7. The lowest BCUT2D eigenvalue weighted by Gasteiger charge is -2.23. The number of rotatable bonds is 6. The molecule has 0 saturated carbocycles. The first kappa shape index (κ1) is 23.6. The van der Waals surface area contributed by atoms with Gasteiger partial charge in [-0.2, -0.15) is 0 Å². The van der Waals surface area contributed by atoms with Crippen LogP contribution in [0.25, 0.3) is 0 Å². The summed E-state index contributed by atoms with van der Waals surface area (Å²) >= 11 is 5.85. The largest absolute Gasteiger partial charge is 0.355 e. The van der Waals surface area contributed by atoms with Crippen LogP contribution in [0.5, 0.6) is 0 Å². The van der Waals surface area contributed by atoms with E-state index in [2.05, 4.69) is 20.5 Å². The van der Waals surface area contributed by atoms with Gasteiger partial charge in [-0.1, -0.05) is 54.1 Å². The molecule has 1 aromatic heterocycles. The molecule has 2 heterocycles. The number of pyridine rings is 1. The molecule has 3 N–H and O–H groups in total. The SMILES string of the molecule is N=C(c1ccc(C(=O)Cc2ccccc2C(=O)Nc2ccc(Cl)cn2)cc1)N1CCCNCC1. The fourth-order valence-corrected chi connectivity index (χ4v) is 3.98. The van der Waals surface area contributed by atoms with Crippen LogP contribution in [-0.2, 0) is 6.42 Å². The highest BCUT2D eigenvalue weighted by molar-refractivity contribution is 6.30. The molecule has 34 heavy (non-hydrogen) atoms. The van der Waals surface area contributed by atoms with Crippen molar-refractivity contribution in [3.05, 3.63) is 94.1 Å². The summed E-state index contributed by atoms with van der Waals surface area (Å²) in [6.45, 7) is 3.47. The van der Waals surface area contributed by atoms with Crippen LogP contribution in [0.3, 0.4) is 0 Å². The molecule has 0 unspecified atom stereocenters. The molecular formula is C26H26ClN5O2. The van der Waals surface area contributed by atoms with Crippen molar-refractivity contribution < 1.29 is 9.59 Å². The number of amides is 1. The second-order valence-electron chi connectivity index (χ2n) is 8.09. The molecular weight excluding hydrogens is 450 g/mol. The maximum Gasteiger partial charge on any atom is 0.257 e. The average molecular weight is 476 g/mol. The second-order valence-corrected chi connectivity index (χ2v) is 8.53. The van der Waals surface area contributed by atoms with E-state index in [0.717, 1.165) is 38.2 Å². The zero-order valence-corrected chi connectivity index (χ0v) is 19.4. The first-order chi connectivity index (χ1) is 16.5. The quantitative estimate of drug-likeness (QED) is 0.284. The van der Waals surface area contributed by atoms with Gasteiger partial charge in [-0.05, 0) is 36.7 Å². The van der Waals surface area contributed by atoms with Crippen molar-refractivity contribution in [3.8, 4) is 0 Å². The topological polar surface area (TPSA) is 98.2 Å². The summed E-state index contributed by atoms with van der Waals surface area (Å²) in [7, 11) is 0. The van der Waals surface area contributed by atoms with Gasteiger partial charge < -0.3 is 15.5 Å². The third-order valence-electron chi connectivity index (χ3n) is 5.72. The van der Waals surface area contributed by atoms with Crippen molar-refractivity contribution in [2.75, 3.05) is 31.5 Å². The zero-order chi connectivity index (χ0) is 23.9. The Morgan fingerprint density at radius 3 is 2.53 bits per heavy atom. The van der Waals surface area contributed by atoms with E-state index < -0.39 is 0 Å². The van der Waals surface area contributed by atoms with Crippen molar-refractivity contribution >= 4 is 34.9 Å². The van der Waals surface area contributed by atoms with Crippen molar-refractivity contribution in [2.24, 2.45) is 0 Å². The number of halogens is 1. The van der Waals surface area contributed by atoms with Crippen LogP contribution in [0.1, 0.15) is 38.3 Å². The minimum Gasteiger partial charge on any atom is -0.355 e. The molecule has 174 valence electrons. The average Bonchev–Trinajstić information content (AvgIpc) is 3.15. The van der Waals surface area contributed by atoms with Gasteiger partial charge in [0.1, 0.15) is 11.7 Å². The first-order valence-electron chi connectivity index (χ1n) is 11.2. The number of nitrogens with zero attached hydrogens (tertiary/aromatic N) is 2. The van der Waals surface area contributed by atoms with E-state index in [9.17, 15) is 9.59 Å². The lowest BCUT2D eigenvalue weighted by Crippen LogP contribution is -2.34. The Morgan fingerprint density at radius 2 is 1.76 bits per heavy atom. The molecule has 0 bridgehead atoms. The van der Waals surface area contributed by atoms with E-state index in [1.807, 2.05) is 12.1 Å². The van der Waals surface area contributed by atoms with E-state index >= 15 is 0 Å². The number of Topliss-reactive ketones (excluding diaryl/α,β-unsaturated/α-hetero) is 1. The van der Waals surface area contributed by atoms with Gasteiger partial charge in [-0.25, -0.2) is 4.98 Å². The summed E-state index contributed by atoms with van der Waals surface area (Å²) in [6, 6.07) is 17.4. The summed E-state index contributed by atoms with van der Waals surface area (Å²) < 4.78 is 0. The van der Waals surface area contributed by atoms with E-state index in [1.54, 1.807) is 48.5 Å². The predicted octanol–water partition coefficient (Wildman–Crippen LogP) is 4.03. The van der Waals surface area contributed by atoms with Crippen molar-refractivity contribution in [1.82, 2.24) is 15.2 Å². The highest BCUT2D eigenvalue weighted by Gasteiger charge is 2.17. The Hall–Kier alpha value is -3.55. The van der Waals surface area contributed by atoms with E-state index in [-0.39, 0.29) is 18.1 Å². The Balaban J connectivity index is 1.44. The highest BCUT2D eigenvalue weighted by atomic mass is 35.5. The molecule has 1 amide bonds. The number of carbonyl (C=O) groups is 2. The maximum absolute atomic E-state index is 13.0. The number of hydrogen-bond acceptors (Lipinski definition) is 5. The number of anilines is 1. The molecule has 1 aliphatic heterocycles. The summed E-state index contributed by atoms with van der Waals surface area (Å²) in [4.78, 5) is 31.9. The van der Waals surface area contributed by atoms with Gasteiger partial charge in [0.15, 0.2) is 5.78 Å². The minimum absolute atomic E-state index is 0.0895. The molecule has 1 aliphatic rings. The minimum atomic E-state index is -0.339. The second kappa shape index (κ2) is 11.0. The van der Waals surface area contributed by atoms with Gasteiger partial charge in [-0.15, -0.1) is 0 Å². The number of hydrogen-bond donors (Lipinski definition) is 3. The summed E-state index contributed by atoms with van der Waals surface area (Å²) in [5.41, 5.74) is 2.38. The number of ketones is 1. The molecule has 1 saturated heterocycles. The van der Waals surface area contributed by atoms with Crippen LogP contribution in [0.2, 0.25) is 5.02 Å². The van der Waals surface area contributed by atoms with E-state index in [4.69, 9.17) is 17.0 Å². The Bertz CT molecular complexity index is 1170. The third kappa shape index (κ3) is 5.87.